The normalized spacial score (nSPS) is 20.0. The van der Waals surface area contributed by atoms with Crippen molar-refractivity contribution < 1.29 is 9.59 Å². The highest BCUT2D eigenvalue weighted by Crippen LogP contribution is 2.31. The Morgan fingerprint density at radius 3 is 2.67 bits per heavy atom. The van der Waals surface area contributed by atoms with E-state index < -0.39 is 5.54 Å². The molecule has 0 bridgehead atoms. The van der Waals surface area contributed by atoms with Crippen LogP contribution in [0.4, 0.5) is 10.5 Å². The highest BCUT2D eigenvalue weighted by atomic mass is 32.1. The number of rotatable bonds is 5. The average Bonchev–Trinajstić information content (AvgIpc) is 2.93. The van der Waals surface area contributed by atoms with Crippen LogP contribution < -0.4 is 16.0 Å². The predicted molar refractivity (Wildman–Crippen MR) is 83.4 cm³/mol. The van der Waals surface area contributed by atoms with Gasteiger partial charge in [-0.05, 0) is 43.0 Å². The molecule has 2 aliphatic rings. The number of thiophene rings is 1. The molecule has 0 spiro atoms. The van der Waals surface area contributed by atoms with Crippen LogP contribution in [0.3, 0.4) is 0 Å². The Morgan fingerprint density at radius 2 is 2.05 bits per heavy atom. The van der Waals surface area contributed by atoms with Gasteiger partial charge in [-0.2, -0.15) is 11.3 Å². The molecule has 21 heavy (non-hydrogen) atoms. The molecule has 2 saturated carbocycles. The first kappa shape index (κ1) is 14.4. The SMILES string of the molecule is O=C(Nc1ccsc1)NC1(C(=O)NCC2CC2)CCCC1. The fourth-order valence-electron chi connectivity index (χ4n) is 2.83. The van der Waals surface area contributed by atoms with Crippen LogP contribution in [0, 0.1) is 5.92 Å². The molecule has 1 aromatic rings. The summed E-state index contributed by atoms with van der Waals surface area (Å²) in [6, 6.07) is 1.55. The van der Waals surface area contributed by atoms with Gasteiger partial charge in [0.2, 0.25) is 5.91 Å². The first-order valence-corrected chi connectivity index (χ1v) is 8.52. The van der Waals surface area contributed by atoms with E-state index in [0.717, 1.165) is 37.9 Å². The summed E-state index contributed by atoms with van der Waals surface area (Å²) < 4.78 is 0. The van der Waals surface area contributed by atoms with Crippen molar-refractivity contribution in [1.82, 2.24) is 10.6 Å². The van der Waals surface area contributed by atoms with Gasteiger partial charge in [-0.3, -0.25) is 4.79 Å². The minimum atomic E-state index is -0.727. The maximum absolute atomic E-state index is 12.5. The van der Waals surface area contributed by atoms with Crippen LogP contribution in [0.15, 0.2) is 16.8 Å². The van der Waals surface area contributed by atoms with Crippen LogP contribution in [-0.2, 0) is 4.79 Å². The highest BCUT2D eigenvalue weighted by molar-refractivity contribution is 7.08. The lowest BCUT2D eigenvalue weighted by atomic mass is 9.96. The topological polar surface area (TPSA) is 70.2 Å². The monoisotopic (exact) mass is 307 g/mol. The molecule has 3 N–H and O–H groups in total. The molecular weight excluding hydrogens is 286 g/mol. The molecule has 1 aromatic heterocycles. The molecule has 1 heterocycles. The van der Waals surface area contributed by atoms with Gasteiger partial charge in [-0.15, -0.1) is 0 Å². The molecule has 0 radical (unpaired) electrons. The smallest absolute Gasteiger partial charge is 0.320 e. The molecule has 2 aliphatic carbocycles. The van der Waals surface area contributed by atoms with Gasteiger partial charge >= 0.3 is 6.03 Å². The van der Waals surface area contributed by atoms with Gasteiger partial charge in [0.15, 0.2) is 0 Å². The predicted octanol–water partition coefficient (Wildman–Crippen LogP) is 2.71. The first-order valence-electron chi connectivity index (χ1n) is 7.58. The van der Waals surface area contributed by atoms with Crippen molar-refractivity contribution in [3.63, 3.8) is 0 Å². The molecule has 3 rings (SSSR count). The third-order valence-corrected chi connectivity index (χ3v) is 4.96. The quantitative estimate of drug-likeness (QED) is 0.783. The number of carbonyl (C=O) groups is 2. The number of carbonyl (C=O) groups excluding carboxylic acids is 2. The van der Waals surface area contributed by atoms with Gasteiger partial charge in [0.1, 0.15) is 5.54 Å². The van der Waals surface area contributed by atoms with Crippen LogP contribution in [0.1, 0.15) is 38.5 Å². The third kappa shape index (κ3) is 3.56. The second-order valence-corrected chi connectivity index (χ2v) is 6.81. The summed E-state index contributed by atoms with van der Waals surface area (Å²) >= 11 is 1.53. The second-order valence-electron chi connectivity index (χ2n) is 6.03. The number of nitrogens with one attached hydrogen (secondary N) is 3. The fraction of sp³-hybridized carbons (Fsp3) is 0.600. The fourth-order valence-corrected chi connectivity index (χ4v) is 3.42. The summed E-state index contributed by atoms with van der Waals surface area (Å²) in [6.07, 6.45) is 5.82. The molecule has 0 saturated heterocycles. The number of hydrogen-bond acceptors (Lipinski definition) is 3. The lowest BCUT2D eigenvalue weighted by molar-refractivity contribution is -0.127. The average molecular weight is 307 g/mol. The Hall–Kier alpha value is -1.56. The van der Waals surface area contributed by atoms with E-state index in [0.29, 0.717) is 5.92 Å². The van der Waals surface area contributed by atoms with Gasteiger partial charge in [-0.1, -0.05) is 12.8 Å². The van der Waals surface area contributed by atoms with Crippen LogP contribution in [0.25, 0.3) is 0 Å². The summed E-state index contributed by atoms with van der Waals surface area (Å²) in [5, 5.41) is 12.5. The number of urea groups is 1. The van der Waals surface area contributed by atoms with Crippen LogP contribution >= 0.6 is 11.3 Å². The van der Waals surface area contributed by atoms with Crippen molar-refractivity contribution in [3.8, 4) is 0 Å². The van der Waals surface area contributed by atoms with Crippen molar-refractivity contribution in [2.75, 3.05) is 11.9 Å². The second kappa shape index (κ2) is 6.05. The molecule has 5 nitrogen and oxygen atoms in total. The Morgan fingerprint density at radius 1 is 1.29 bits per heavy atom. The minimum Gasteiger partial charge on any atom is -0.354 e. The zero-order chi connectivity index (χ0) is 14.7. The highest BCUT2D eigenvalue weighted by Gasteiger charge is 2.42. The van der Waals surface area contributed by atoms with Crippen LogP contribution in [0.2, 0.25) is 0 Å². The summed E-state index contributed by atoms with van der Waals surface area (Å²) in [5.41, 5.74) is 0.0404. The van der Waals surface area contributed by atoms with Gasteiger partial charge < -0.3 is 16.0 Å². The minimum absolute atomic E-state index is 0.0210. The standard InChI is InChI=1S/C15H21N3O2S/c19-13(16-9-11-3-4-11)15(6-1-2-7-15)18-14(20)17-12-5-8-21-10-12/h5,8,10-11H,1-4,6-7,9H2,(H,16,19)(H2,17,18,20). The van der Waals surface area contributed by atoms with Crippen LogP contribution in [-0.4, -0.2) is 24.0 Å². The van der Waals surface area contributed by atoms with Gasteiger partial charge in [0, 0.05) is 11.9 Å². The van der Waals surface area contributed by atoms with E-state index in [1.165, 1.54) is 24.2 Å². The van der Waals surface area contributed by atoms with Crippen molar-refractivity contribution >= 4 is 29.0 Å². The van der Waals surface area contributed by atoms with E-state index >= 15 is 0 Å². The van der Waals surface area contributed by atoms with Crippen molar-refractivity contribution in [2.24, 2.45) is 5.92 Å². The molecular formula is C15H21N3O2S. The molecule has 0 atom stereocenters. The van der Waals surface area contributed by atoms with E-state index in [2.05, 4.69) is 16.0 Å². The third-order valence-electron chi connectivity index (χ3n) is 4.27. The maximum Gasteiger partial charge on any atom is 0.320 e. The summed E-state index contributed by atoms with van der Waals surface area (Å²) in [7, 11) is 0. The molecule has 6 heteroatoms. The molecule has 0 aliphatic heterocycles. The largest absolute Gasteiger partial charge is 0.354 e. The molecule has 0 aromatic carbocycles. The van der Waals surface area contributed by atoms with E-state index in [-0.39, 0.29) is 11.9 Å². The molecule has 0 unspecified atom stereocenters. The van der Waals surface area contributed by atoms with Crippen molar-refractivity contribution in [1.29, 1.82) is 0 Å². The lowest BCUT2D eigenvalue weighted by Crippen LogP contribution is -2.58. The van der Waals surface area contributed by atoms with Gasteiger partial charge in [0.05, 0.1) is 5.69 Å². The first-order chi connectivity index (χ1) is 10.2. The van der Waals surface area contributed by atoms with E-state index in [1.807, 2.05) is 16.8 Å². The lowest BCUT2D eigenvalue weighted by Gasteiger charge is -2.29. The molecule has 114 valence electrons. The Kier molecular flexibility index (Phi) is 4.14. The Bertz CT molecular complexity index is 505. The summed E-state index contributed by atoms with van der Waals surface area (Å²) in [4.78, 5) is 24.6. The number of anilines is 1. The van der Waals surface area contributed by atoms with Gasteiger partial charge in [0.25, 0.3) is 0 Å². The van der Waals surface area contributed by atoms with E-state index in [9.17, 15) is 9.59 Å². The maximum atomic E-state index is 12.5. The van der Waals surface area contributed by atoms with Crippen molar-refractivity contribution in [2.45, 2.75) is 44.1 Å². The van der Waals surface area contributed by atoms with Crippen LogP contribution in [0.5, 0.6) is 0 Å². The zero-order valence-electron chi connectivity index (χ0n) is 12.0. The van der Waals surface area contributed by atoms with E-state index in [1.54, 1.807) is 0 Å². The Labute approximate surface area is 128 Å². The number of hydrogen-bond donors (Lipinski definition) is 3. The van der Waals surface area contributed by atoms with Crippen molar-refractivity contribution in [3.05, 3.63) is 16.8 Å². The van der Waals surface area contributed by atoms with E-state index in [4.69, 9.17) is 0 Å². The zero-order valence-corrected chi connectivity index (χ0v) is 12.8. The summed E-state index contributed by atoms with van der Waals surface area (Å²) in [5.74, 6) is 0.624. The molecule has 2 fully saturated rings. The summed E-state index contributed by atoms with van der Waals surface area (Å²) in [6.45, 7) is 0.744. The Balaban J connectivity index is 1.59. The van der Waals surface area contributed by atoms with Gasteiger partial charge in [-0.25, -0.2) is 4.79 Å². The molecule has 3 amide bonds. The number of amides is 3.